The summed E-state index contributed by atoms with van der Waals surface area (Å²) < 4.78 is 37.0. The summed E-state index contributed by atoms with van der Waals surface area (Å²) in [6.45, 7) is 4.05. The van der Waals surface area contributed by atoms with Crippen LogP contribution in [0.15, 0.2) is 28.9 Å². The highest BCUT2D eigenvalue weighted by molar-refractivity contribution is 14.1. The molecule has 1 aromatic carbocycles. The van der Waals surface area contributed by atoms with Gasteiger partial charge in [0.1, 0.15) is 0 Å². The number of phenols is 1. The van der Waals surface area contributed by atoms with Crippen LogP contribution in [0, 0.1) is 3.57 Å². The predicted molar refractivity (Wildman–Crippen MR) is 127 cm³/mol. The predicted octanol–water partition coefficient (Wildman–Crippen LogP) is 3.96. The zero-order chi connectivity index (χ0) is 22.1. The monoisotopic (exact) mass is 546 g/mol. The Morgan fingerprint density at radius 3 is 2.83 bits per heavy atom. The van der Waals surface area contributed by atoms with Crippen LogP contribution in [0.3, 0.4) is 0 Å². The average molecular weight is 546 g/mol. The summed E-state index contributed by atoms with van der Waals surface area (Å²) in [5.41, 5.74) is 3.87. The molecule has 0 aromatic heterocycles. The van der Waals surface area contributed by atoms with Crippen molar-refractivity contribution in [3.05, 3.63) is 38.0 Å². The van der Waals surface area contributed by atoms with Gasteiger partial charge in [0, 0.05) is 6.32 Å². The van der Waals surface area contributed by atoms with Crippen molar-refractivity contribution in [1.29, 1.82) is 0 Å². The number of halogens is 1. The van der Waals surface area contributed by atoms with Gasteiger partial charge in [-0.25, -0.2) is 8.42 Å². The van der Waals surface area contributed by atoms with Gasteiger partial charge in [0.25, 0.3) is 0 Å². The lowest BCUT2D eigenvalue weighted by Crippen LogP contribution is -2.41. The number of benzene rings is 1. The van der Waals surface area contributed by atoms with E-state index in [4.69, 9.17) is 9.39 Å². The van der Waals surface area contributed by atoms with Crippen LogP contribution < -0.4 is 4.74 Å². The second-order valence-corrected chi connectivity index (χ2v) is 11.3. The normalized spacial score (nSPS) is 23.6. The number of methoxy groups -OCH3 is 1. The molecule has 30 heavy (non-hydrogen) atoms. The Balaban J connectivity index is 1.79. The number of fused-ring (bicyclic) bond motifs is 1. The summed E-state index contributed by atoms with van der Waals surface area (Å²) in [4.78, 5) is 0. The van der Waals surface area contributed by atoms with Crippen LogP contribution in [0.4, 0.5) is 0 Å². The minimum atomic E-state index is -3.26. The van der Waals surface area contributed by atoms with Crippen molar-refractivity contribution >= 4 is 45.6 Å². The van der Waals surface area contributed by atoms with Crippen molar-refractivity contribution in [2.24, 2.45) is 0 Å². The maximum Gasteiger partial charge on any atom is 0.456 e. The van der Waals surface area contributed by atoms with E-state index in [-0.39, 0.29) is 23.9 Å². The number of sulfone groups is 1. The van der Waals surface area contributed by atoms with Crippen molar-refractivity contribution in [1.82, 2.24) is 0 Å². The fourth-order valence-corrected chi connectivity index (χ4v) is 7.13. The van der Waals surface area contributed by atoms with Crippen molar-refractivity contribution in [2.45, 2.75) is 57.2 Å². The van der Waals surface area contributed by atoms with Gasteiger partial charge in [0.2, 0.25) is 0 Å². The highest BCUT2D eigenvalue weighted by atomic mass is 127. The van der Waals surface area contributed by atoms with Crippen LogP contribution in [0.1, 0.15) is 45.1 Å². The number of hydrogen-bond donors (Lipinski definition) is 2. The van der Waals surface area contributed by atoms with Crippen LogP contribution in [-0.4, -0.2) is 49.9 Å². The summed E-state index contributed by atoms with van der Waals surface area (Å²) in [5.74, 6) is 0.642. The lowest BCUT2D eigenvalue weighted by Gasteiger charge is -2.32. The smallest absolute Gasteiger partial charge is 0.456 e. The Kier molecular flexibility index (Phi) is 7.58. The lowest BCUT2D eigenvalue weighted by molar-refractivity contribution is 0.169. The van der Waals surface area contributed by atoms with Gasteiger partial charge in [-0.2, -0.15) is 0 Å². The van der Waals surface area contributed by atoms with Gasteiger partial charge in [-0.15, -0.1) is 0 Å². The summed E-state index contributed by atoms with van der Waals surface area (Å²) >= 11 is 2.06. The average Bonchev–Trinajstić information content (AvgIpc) is 2.93. The zero-order valence-corrected chi connectivity index (χ0v) is 20.5. The molecule has 6 nitrogen and oxygen atoms in total. The van der Waals surface area contributed by atoms with Crippen molar-refractivity contribution < 1.29 is 27.9 Å². The Morgan fingerprint density at radius 1 is 1.43 bits per heavy atom. The topological polar surface area (TPSA) is 93.1 Å². The Hall–Kier alpha value is -1.04. The molecule has 1 aromatic rings. The SMILES string of the molecule is CCCC1=C2[C@@H](CC/C(C)=C/c3cc(I)c(O)c(OC)c3)OB(O)C[C@@H]2S(=O)(=O)C1. The lowest BCUT2D eigenvalue weighted by atomic mass is 9.74. The zero-order valence-electron chi connectivity index (χ0n) is 17.5. The Bertz CT molecular complexity index is 972. The van der Waals surface area contributed by atoms with E-state index in [0.29, 0.717) is 22.2 Å². The van der Waals surface area contributed by atoms with Crippen LogP contribution >= 0.6 is 22.6 Å². The largest absolute Gasteiger partial charge is 0.504 e. The molecule has 0 radical (unpaired) electrons. The van der Waals surface area contributed by atoms with Gasteiger partial charge in [-0.05, 0) is 72.0 Å². The first-order valence-electron chi connectivity index (χ1n) is 10.2. The van der Waals surface area contributed by atoms with Crippen molar-refractivity contribution in [3.63, 3.8) is 0 Å². The van der Waals surface area contributed by atoms with Crippen LogP contribution in [0.5, 0.6) is 11.5 Å². The van der Waals surface area contributed by atoms with Gasteiger partial charge < -0.3 is 19.5 Å². The van der Waals surface area contributed by atoms with E-state index in [2.05, 4.69) is 22.6 Å². The summed E-state index contributed by atoms with van der Waals surface area (Å²) in [7, 11) is -2.79. The fraction of sp³-hybridized carbons (Fsp3) is 0.524. The summed E-state index contributed by atoms with van der Waals surface area (Å²) in [6.07, 6.45) is 4.72. The highest BCUT2D eigenvalue weighted by Gasteiger charge is 2.48. The second kappa shape index (κ2) is 9.62. The summed E-state index contributed by atoms with van der Waals surface area (Å²) in [6, 6.07) is 3.66. The van der Waals surface area contributed by atoms with E-state index in [1.165, 1.54) is 7.11 Å². The van der Waals surface area contributed by atoms with Crippen molar-refractivity contribution in [2.75, 3.05) is 12.9 Å². The molecule has 0 bridgehead atoms. The molecule has 1 fully saturated rings. The molecule has 0 spiro atoms. The molecule has 0 saturated carbocycles. The number of rotatable bonds is 7. The van der Waals surface area contributed by atoms with E-state index in [9.17, 15) is 18.5 Å². The first kappa shape index (κ1) is 23.6. The molecule has 9 heteroatoms. The first-order valence-corrected chi connectivity index (χ1v) is 13.0. The third kappa shape index (κ3) is 5.06. The van der Waals surface area contributed by atoms with Crippen molar-refractivity contribution in [3.8, 4) is 11.5 Å². The van der Waals surface area contributed by atoms with Gasteiger partial charge in [-0.3, -0.25) is 0 Å². The molecule has 2 heterocycles. The molecule has 2 aliphatic rings. The third-order valence-corrected chi connectivity index (χ3v) is 8.57. The van der Waals surface area contributed by atoms with E-state index < -0.39 is 22.2 Å². The molecule has 164 valence electrons. The van der Waals surface area contributed by atoms with E-state index in [1.54, 1.807) is 6.07 Å². The van der Waals surface area contributed by atoms with Gasteiger partial charge >= 0.3 is 7.12 Å². The first-order chi connectivity index (χ1) is 14.2. The molecule has 0 aliphatic carbocycles. The quantitative estimate of drug-likeness (QED) is 0.306. The van der Waals surface area contributed by atoms with Crippen LogP contribution in [0.25, 0.3) is 6.08 Å². The van der Waals surface area contributed by atoms with E-state index >= 15 is 0 Å². The molecule has 2 atom stereocenters. The number of hydrogen-bond acceptors (Lipinski definition) is 6. The Labute approximate surface area is 192 Å². The number of allylic oxidation sites excluding steroid dienone is 1. The molecular formula is C21H28BIO6S. The molecule has 2 N–H and O–H groups in total. The van der Waals surface area contributed by atoms with E-state index in [0.717, 1.165) is 35.1 Å². The molecule has 3 rings (SSSR count). The molecule has 0 unspecified atom stereocenters. The molecule has 2 aliphatic heterocycles. The minimum Gasteiger partial charge on any atom is -0.504 e. The maximum absolute atomic E-state index is 12.6. The maximum atomic E-state index is 12.6. The second-order valence-electron chi connectivity index (χ2n) is 8.00. The highest BCUT2D eigenvalue weighted by Crippen LogP contribution is 2.41. The third-order valence-electron chi connectivity index (χ3n) is 5.68. The summed E-state index contributed by atoms with van der Waals surface area (Å²) in [5, 5.41) is 19.5. The molecule has 0 amide bonds. The Morgan fingerprint density at radius 2 is 2.17 bits per heavy atom. The van der Waals surface area contributed by atoms with Crippen LogP contribution in [0.2, 0.25) is 6.32 Å². The molecular weight excluding hydrogens is 518 g/mol. The van der Waals surface area contributed by atoms with Gasteiger partial charge in [-0.1, -0.05) is 30.6 Å². The van der Waals surface area contributed by atoms with Crippen LogP contribution in [-0.2, 0) is 14.5 Å². The molecule has 1 saturated heterocycles. The van der Waals surface area contributed by atoms with Gasteiger partial charge in [0.05, 0.1) is 27.8 Å². The van der Waals surface area contributed by atoms with Gasteiger partial charge in [0.15, 0.2) is 21.3 Å². The number of phenolic OH excluding ortho intramolecular Hbond substituents is 1. The van der Waals surface area contributed by atoms with E-state index in [1.807, 2.05) is 26.0 Å². The number of ether oxygens (including phenoxy) is 1. The minimum absolute atomic E-state index is 0.0913. The number of aromatic hydroxyl groups is 1. The fourth-order valence-electron chi connectivity index (χ4n) is 4.35. The standard InChI is InChI=1S/C21H28BIO6S/c1-4-5-15-12-30(26,27)19-11-22(25)29-17(20(15)19)7-6-13(2)8-14-9-16(23)21(24)18(10-14)28-3/h8-10,17,19,24-25H,4-7,11-12H2,1-3H3/b13-8+/t17-,19+/m1/s1.